The quantitative estimate of drug-likeness (QED) is 0.422. The molecule has 0 radical (unpaired) electrons. The molecule has 0 bridgehead atoms. The van der Waals surface area contributed by atoms with Gasteiger partial charge >= 0.3 is 0 Å². The van der Waals surface area contributed by atoms with Crippen LogP contribution < -0.4 is 14.8 Å². The van der Waals surface area contributed by atoms with Crippen LogP contribution in [0.15, 0.2) is 60.7 Å². The van der Waals surface area contributed by atoms with Gasteiger partial charge in [-0.05, 0) is 77.4 Å². The summed E-state index contributed by atoms with van der Waals surface area (Å²) in [5.41, 5.74) is 8.32. The average molecular weight is 501 g/mol. The lowest BCUT2D eigenvalue weighted by atomic mass is 9.86. The standard InChI is InChI=1S/C31H33FN2O3/c32-14-2-16-34-17-12-24(20-34)37-23-8-5-21(6-9-23)31-27(25-3-1-4-29-26(25)11-15-33-29)13-18-36-30-19-22(35)7-10-28(30)31/h1,3-10,19,24,33,35H,2,11-18,20H2/t24-/m0/s1. The van der Waals surface area contributed by atoms with Crippen LogP contribution in [-0.4, -0.2) is 55.6 Å². The number of phenols is 1. The first-order valence-corrected chi connectivity index (χ1v) is 13.3. The number of ether oxygens (including phenoxy) is 2. The highest BCUT2D eigenvalue weighted by atomic mass is 19.1. The second-order valence-corrected chi connectivity index (χ2v) is 10.0. The highest BCUT2D eigenvalue weighted by molar-refractivity contribution is 6.01. The topological polar surface area (TPSA) is 54.0 Å². The van der Waals surface area contributed by atoms with Crippen LogP contribution in [0.3, 0.4) is 0 Å². The molecule has 3 aromatic carbocycles. The van der Waals surface area contributed by atoms with Gasteiger partial charge in [0.1, 0.15) is 23.4 Å². The summed E-state index contributed by atoms with van der Waals surface area (Å²) in [6, 6.07) is 20.2. The van der Waals surface area contributed by atoms with Crippen LogP contribution in [-0.2, 0) is 6.42 Å². The van der Waals surface area contributed by atoms with Gasteiger partial charge in [0.25, 0.3) is 0 Å². The van der Waals surface area contributed by atoms with E-state index in [0.29, 0.717) is 18.8 Å². The number of hydrogen-bond acceptors (Lipinski definition) is 5. The molecule has 0 unspecified atom stereocenters. The maximum absolute atomic E-state index is 12.5. The van der Waals surface area contributed by atoms with Crippen molar-refractivity contribution in [1.82, 2.24) is 4.90 Å². The molecule has 2 N–H and O–H groups in total. The van der Waals surface area contributed by atoms with Crippen LogP contribution in [0.5, 0.6) is 17.2 Å². The Morgan fingerprint density at radius 3 is 2.81 bits per heavy atom. The first-order valence-electron chi connectivity index (χ1n) is 13.3. The second-order valence-electron chi connectivity index (χ2n) is 10.0. The highest BCUT2D eigenvalue weighted by Gasteiger charge is 2.26. The third kappa shape index (κ3) is 4.90. The highest BCUT2D eigenvalue weighted by Crippen LogP contribution is 2.44. The van der Waals surface area contributed by atoms with Gasteiger partial charge in [-0.2, -0.15) is 0 Å². The maximum Gasteiger partial charge on any atom is 0.130 e. The van der Waals surface area contributed by atoms with Crippen molar-refractivity contribution in [2.45, 2.75) is 31.8 Å². The van der Waals surface area contributed by atoms with Gasteiger partial charge in [-0.25, -0.2) is 0 Å². The summed E-state index contributed by atoms with van der Waals surface area (Å²) < 4.78 is 25.0. The zero-order valence-corrected chi connectivity index (χ0v) is 21.0. The predicted molar refractivity (Wildman–Crippen MR) is 145 cm³/mol. The summed E-state index contributed by atoms with van der Waals surface area (Å²) in [6.45, 7) is 3.83. The van der Waals surface area contributed by atoms with Crippen LogP contribution >= 0.6 is 0 Å². The Hall–Kier alpha value is -3.51. The lowest BCUT2D eigenvalue weighted by Gasteiger charge is -2.19. The fourth-order valence-corrected chi connectivity index (χ4v) is 5.89. The summed E-state index contributed by atoms with van der Waals surface area (Å²) in [7, 11) is 0. The van der Waals surface area contributed by atoms with E-state index in [1.807, 2.05) is 18.2 Å². The van der Waals surface area contributed by atoms with Crippen molar-refractivity contribution in [1.29, 1.82) is 0 Å². The molecule has 3 aromatic rings. The van der Waals surface area contributed by atoms with E-state index in [9.17, 15) is 9.50 Å². The molecule has 5 nitrogen and oxygen atoms in total. The van der Waals surface area contributed by atoms with Crippen molar-refractivity contribution < 1.29 is 19.0 Å². The number of halogens is 1. The zero-order valence-electron chi connectivity index (χ0n) is 21.0. The van der Waals surface area contributed by atoms with Crippen LogP contribution in [0.1, 0.15) is 41.5 Å². The summed E-state index contributed by atoms with van der Waals surface area (Å²) in [5, 5.41) is 13.6. The van der Waals surface area contributed by atoms with E-state index < -0.39 is 0 Å². The number of phenolic OH excluding ortho intramolecular Hbond substituents is 1. The summed E-state index contributed by atoms with van der Waals surface area (Å²) in [5.74, 6) is 1.76. The SMILES string of the molecule is Oc1ccc2c(c1)OCCC(c1cccc3c1CCN3)=C2c1ccc(O[C@H]2CCN(CCCF)C2)cc1. The number of anilines is 1. The number of fused-ring (bicyclic) bond motifs is 2. The fourth-order valence-electron chi connectivity index (χ4n) is 5.89. The molecule has 0 spiro atoms. The number of likely N-dealkylation sites (tertiary alicyclic amines) is 1. The molecule has 0 aromatic heterocycles. The van der Waals surface area contributed by atoms with Crippen molar-refractivity contribution in [3.63, 3.8) is 0 Å². The minimum absolute atomic E-state index is 0.134. The number of rotatable bonds is 7. The molecule has 3 aliphatic heterocycles. The Kier molecular flexibility index (Phi) is 6.75. The zero-order chi connectivity index (χ0) is 25.2. The number of alkyl halides is 1. The lowest BCUT2D eigenvalue weighted by Crippen LogP contribution is -2.26. The van der Waals surface area contributed by atoms with Gasteiger partial charge in [0.15, 0.2) is 0 Å². The molecule has 0 amide bonds. The molecule has 6 rings (SSSR count). The predicted octanol–water partition coefficient (Wildman–Crippen LogP) is 5.91. The second kappa shape index (κ2) is 10.5. The van der Waals surface area contributed by atoms with E-state index >= 15 is 0 Å². The fraction of sp³-hybridized carbons (Fsp3) is 0.355. The molecule has 192 valence electrons. The van der Waals surface area contributed by atoms with E-state index in [2.05, 4.69) is 40.5 Å². The van der Waals surface area contributed by atoms with Gasteiger partial charge < -0.3 is 19.9 Å². The van der Waals surface area contributed by atoms with Gasteiger partial charge in [-0.3, -0.25) is 9.29 Å². The Morgan fingerprint density at radius 2 is 1.95 bits per heavy atom. The number of nitrogens with zero attached hydrogens (tertiary/aromatic N) is 1. The summed E-state index contributed by atoms with van der Waals surface area (Å²) >= 11 is 0. The Morgan fingerprint density at radius 1 is 1.05 bits per heavy atom. The molecule has 6 heteroatoms. The summed E-state index contributed by atoms with van der Waals surface area (Å²) in [4.78, 5) is 2.28. The van der Waals surface area contributed by atoms with Gasteiger partial charge in [0, 0.05) is 49.9 Å². The monoisotopic (exact) mass is 500 g/mol. The molecule has 0 saturated carbocycles. The molecule has 37 heavy (non-hydrogen) atoms. The molecular formula is C31H33FN2O3. The van der Waals surface area contributed by atoms with Gasteiger partial charge in [0.05, 0.1) is 13.3 Å². The normalized spacial score (nSPS) is 19.1. The minimum Gasteiger partial charge on any atom is -0.508 e. The lowest BCUT2D eigenvalue weighted by molar-refractivity contribution is 0.198. The average Bonchev–Trinajstić information content (AvgIpc) is 3.54. The first kappa shape index (κ1) is 23.9. The van der Waals surface area contributed by atoms with Gasteiger partial charge in [-0.1, -0.05) is 24.3 Å². The van der Waals surface area contributed by atoms with Crippen molar-refractivity contribution in [2.75, 3.05) is 44.8 Å². The number of aromatic hydroxyl groups is 1. The molecular weight excluding hydrogens is 467 g/mol. The first-order chi connectivity index (χ1) is 18.2. The van der Waals surface area contributed by atoms with E-state index in [1.54, 1.807) is 12.1 Å². The van der Waals surface area contributed by atoms with Gasteiger partial charge in [-0.15, -0.1) is 0 Å². The van der Waals surface area contributed by atoms with E-state index in [1.165, 1.54) is 22.4 Å². The number of hydrogen-bond donors (Lipinski definition) is 2. The maximum atomic E-state index is 12.5. The van der Waals surface area contributed by atoms with Crippen LogP contribution in [0.4, 0.5) is 10.1 Å². The van der Waals surface area contributed by atoms with Crippen molar-refractivity contribution in [3.05, 3.63) is 82.9 Å². The molecule has 1 fully saturated rings. The van der Waals surface area contributed by atoms with E-state index in [4.69, 9.17) is 9.47 Å². The Balaban J connectivity index is 1.35. The third-order valence-corrected chi connectivity index (χ3v) is 7.62. The number of nitrogens with one attached hydrogen (secondary N) is 1. The summed E-state index contributed by atoms with van der Waals surface area (Å²) in [6.07, 6.45) is 3.46. The minimum atomic E-state index is -0.266. The molecule has 1 saturated heterocycles. The Labute approximate surface area is 217 Å². The van der Waals surface area contributed by atoms with Crippen LogP contribution in [0.25, 0.3) is 11.1 Å². The molecule has 3 aliphatic rings. The van der Waals surface area contributed by atoms with Crippen LogP contribution in [0, 0.1) is 0 Å². The Bertz CT molecular complexity index is 1300. The van der Waals surface area contributed by atoms with Crippen molar-refractivity contribution >= 4 is 16.8 Å². The van der Waals surface area contributed by atoms with Gasteiger partial charge in [0.2, 0.25) is 0 Å². The van der Waals surface area contributed by atoms with E-state index in [-0.39, 0.29) is 18.5 Å². The van der Waals surface area contributed by atoms with Crippen molar-refractivity contribution in [3.8, 4) is 17.2 Å². The van der Waals surface area contributed by atoms with E-state index in [0.717, 1.165) is 67.9 Å². The smallest absolute Gasteiger partial charge is 0.130 e. The van der Waals surface area contributed by atoms with Crippen molar-refractivity contribution in [2.24, 2.45) is 0 Å². The molecule has 1 atom stereocenters. The van der Waals surface area contributed by atoms with Crippen LogP contribution in [0.2, 0.25) is 0 Å². The third-order valence-electron chi connectivity index (χ3n) is 7.62. The largest absolute Gasteiger partial charge is 0.508 e. The molecule has 0 aliphatic carbocycles. The molecule has 3 heterocycles. The number of benzene rings is 3.